The summed E-state index contributed by atoms with van der Waals surface area (Å²) in [5, 5.41) is 8.17. The van der Waals surface area contributed by atoms with E-state index in [1.165, 1.54) is 0 Å². The van der Waals surface area contributed by atoms with Gasteiger partial charge in [0.25, 0.3) is 5.91 Å². The highest BCUT2D eigenvalue weighted by Crippen LogP contribution is 2.20. The van der Waals surface area contributed by atoms with Crippen molar-refractivity contribution in [3.63, 3.8) is 0 Å². The first-order valence-corrected chi connectivity index (χ1v) is 7.01. The van der Waals surface area contributed by atoms with Crippen molar-refractivity contribution in [1.82, 2.24) is 15.1 Å². The number of hydrogen-bond donors (Lipinski definition) is 1. The second kappa shape index (κ2) is 6.10. The fourth-order valence-corrected chi connectivity index (χ4v) is 2.63. The van der Waals surface area contributed by atoms with Gasteiger partial charge in [0, 0.05) is 19.1 Å². The molecule has 1 unspecified atom stereocenters. The number of hydrogen-bond acceptors (Lipinski definition) is 4. The van der Waals surface area contributed by atoms with Crippen molar-refractivity contribution in [2.45, 2.75) is 45.6 Å². The maximum atomic E-state index is 12.7. The van der Waals surface area contributed by atoms with E-state index in [0.29, 0.717) is 12.1 Å². The Morgan fingerprint density at radius 1 is 1.47 bits per heavy atom. The van der Waals surface area contributed by atoms with Crippen LogP contribution in [0.2, 0.25) is 0 Å². The Bertz CT molecular complexity index is 461. The maximum Gasteiger partial charge on any atom is 0.256 e. The Hall–Kier alpha value is -1.49. The topological polar surface area (TPSA) is 72.1 Å². The van der Waals surface area contributed by atoms with Crippen LogP contribution in [-0.4, -0.2) is 40.1 Å². The monoisotopic (exact) mass is 262 g/mol. The summed E-state index contributed by atoms with van der Waals surface area (Å²) < 4.78 is 0. The van der Waals surface area contributed by atoms with Crippen molar-refractivity contribution >= 4 is 5.91 Å². The predicted octanol–water partition coefficient (Wildman–Crippen LogP) is 1.30. The molecule has 1 atom stereocenters. The van der Waals surface area contributed by atoms with Crippen LogP contribution in [0.25, 0.3) is 0 Å². The lowest BCUT2D eigenvalue weighted by atomic mass is 10.00. The number of likely N-dealkylation sites (tertiary alicyclic amines) is 1. The van der Waals surface area contributed by atoms with E-state index in [-0.39, 0.29) is 11.9 Å². The van der Waals surface area contributed by atoms with E-state index in [1.807, 2.05) is 24.8 Å². The quantitative estimate of drug-likeness (QED) is 0.891. The molecule has 0 aliphatic carbocycles. The number of rotatable bonds is 3. The molecule has 2 heterocycles. The molecule has 1 fully saturated rings. The second-order valence-corrected chi connectivity index (χ2v) is 5.08. The third-order valence-corrected chi connectivity index (χ3v) is 3.72. The summed E-state index contributed by atoms with van der Waals surface area (Å²) in [6.45, 7) is 5.18. The van der Waals surface area contributed by atoms with Crippen LogP contribution >= 0.6 is 0 Å². The Morgan fingerprint density at radius 3 is 2.95 bits per heavy atom. The highest BCUT2D eigenvalue weighted by molar-refractivity contribution is 5.95. The van der Waals surface area contributed by atoms with Crippen molar-refractivity contribution < 1.29 is 4.79 Å². The zero-order chi connectivity index (χ0) is 13.8. The normalized spacial score (nSPS) is 19.5. The third-order valence-electron chi connectivity index (χ3n) is 3.72. The van der Waals surface area contributed by atoms with Crippen LogP contribution in [0, 0.1) is 6.92 Å². The second-order valence-electron chi connectivity index (χ2n) is 5.08. The molecule has 5 nitrogen and oxygen atoms in total. The van der Waals surface area contributed by atoms with E-state index >= 15 is 0 Å². The zero-order valence-corrected chi connectivity index (χ0v) is 11.7. The zero-order valence-electron chi connectivity index (χ0n) is 11.7. The lowest BCUT2D eigenvalue weighted by Crippen LogP contribution is -2.47. The maximum absolute atomic E-state index is 12.7. The summed E-state index contributed by atoms with van der Waals surface area (Å²) in [6.07, 6.45) is 3.93. The predicted molar refractivity (Wildman–Crippen MR) is 73.9 cm³/mol. The Morgan fingerprint density at radius 2 is 2.26 bits per heavy atom. The van der Waals surface area contributed by atoms with Crippen molar-refractivity contribution in [3.8, 4) is 0 Å². The average molecular weight is 262 g/mol. The van der Waals surface area contributed by atoms with Gasteiger partial charge in [-0.05, 0) is 38.7 Å². The first kappa shape index (κ1) is 13.9. The summed E-state index contributed by atoms with van der Waals surface area (Å²) >= 11 is 0. The van der Waals surface area contributed by atoms with Gasteiger partial charge in [0.2, 0.25) is 0 Å². The van der Waals surface area contributed by atoms with Gasteiger partial charge in [-0.1, -0.05) is 6.92 Å². The van der Waals surface area contributed by atoms with E-state index in [9.17, 15) is 4.79 Å². The Kier molecular flexibility index (Phi) is 4.47. The Balaban J connectivity index is 2.29. The number of nitrogens with zero attached hydrogens (tertiary/aromatic N) is 3. The SMILES string of the molecule is CCc1nnc(C)cc1C(=O)N1CCCCC1CN. The van der Waals surface area contributed by atoms with Crippen LogP contribution in [0.4, 0.5) is 0 Å². The van der Waals surface area contributed by atoms with Crippen LogP contribution in [0.1, 0.15) is 47.9 Å². The molecule has 0 spiro atoms. The summed E-state index contributed by atoms with van der Waals surface area (Å²) in [5.74, 6) is 0.0602. The standard InChI is InChI=1S/C14H22N4O/c1-3-13-12(8-10(2)16-17-13)14(19)18-7-5-4-6-11(18)9-15/h8,11H,3-7,9,15H2,1-2H3. The summed E-state index contributed by atoms with van der Waals surface area (Å²) in [7, 11) is 0. The van der Waals surface area contributed by atoms with Gasteiger partial charge in [0.15, 0.2) is 0 Å². The highest BCUT2D eigenvalue weighted by Gasteiger charge is 2.28. The lowest BCUT2D eigenvalue weighted by Gasteiger charge is -2.35. The minimum absolute atomic E-state index is 0.0602. The first-order valence-electron chi connectivity index (χ1n) is 7.01. The van der Waals surface area contributed by atoms with E-state index in [0.717, 1.165) is 43.6 Å². The molecule has 1 aliphatic heterocycles. The summed E-state index contributed by atoms with van der Waals surface area (Å²) in [5.41, 5.74) is 8.03. The number of carbonyl (C=O) groups is 1. The van der Waals surface area contributed by atoms with Crippen molar-refractivity contribution in [1.29, 1.82) is 0 Å². The molecule has 5 heteroatoms. The van der Waals surface area contributed by atoms with Gasteiger partial charge in [-0.25, -0.2) is 0 Å². The molecule has 1 saturated heterocycles. The van der Waals surface area contributed by atoms with E-state index < -0.39 is 0 Å². The molecule has 2 N–H and O–H groups in total. The Labute approximate surface area is 114 Å². The molecule has 104 valence electrons. The van der Waals surface area contributed by atoms with Crippen molar-refractivity contribution in [3.05, 3.63) is 23.0 Å². The van der Waals surface area contributed by atoms with Gasteiger partial charge in [0.05, 0.1) is 17.0 Å². The number of piperidine rings is 1. The molecule has 0 bridgehead atoms. The van der Waals surface area contributed by atoms with Gasteiger partial charge >= 0.3 is 0 Å². The molecule has 1 aromatic rings. The third kappa shape index (κ3) is 2.92. The van der Waals surface area contributed by atoms with Gasteiger partial charge in [-0.3, -0.25) is 4.79 Å². The van der Waals surface area contributed by atoms with Gasteiger partial charge in [-0.15, -0.1) is 0 Å². The molecular weight excluding hydrogens is 240 g/mol. The van der Waals surface area contributed by atoms with Crippen LogP contribution in [0.15, 0.2) is 6.07 Å². The van der Waals surface area contributed by atoms with Crippen molar-refractivity contribution in [2.24, 2.45) is 5.73 Å². The lowest BCUT2D eigenvalue weighted by molar-refractivity contribution is 0.0621. The largest absolute Gasteiger partial charge is 0.334 e. The molecule has 19 heavy (non-hydrogen) atoms. The van der Waals surface area contributed by atoms with E-state index in [1.54, 1.807) is 0 Å². The number of amides is 1. The molecule has 1 aliphatic rings. The van der Waals surface area contributed by atoms with Crippen LogP contribution in [0.3, 0.4) is 0 Å². The fraction of sp³-hybridized carbons (Fsp3) is 0.643. The fourth-order valence-electron chi connectivity index (χ4n) is 2.63. The van der Waals surface area contributed by atoms with Crippen molar-refractivity contribution in [2.75, 3.05) is 13.1 Å². The number of aromatic nitrogens is 2. The average Bonchev–Trinajstić information content (AvgIpc) is 2.46. The van der Waals surface area contributed by atoms with E-state index in [2.05, 4.69) is 10.2 Å². The number of aryl methyl sites for hydroxylation is 2. The number of nitrogens with two attached hydrogens (primary N) is 1. The highest BCUT2D eigenvalue weighted by atomic mass is 16.2. The minimum Gasteiger partial charge on any atom is -0.334 e. The molecule has 1 aromatic heterocycles. The minimum atomic E-state index is 0.0602. The van der Waals surface area contributed by atoms with Gasteiger partial charge in [-0.2, -0.15) is 10.2 Å². The van der Waals surface area contributed by atoms with Crippen LogP contribution in [-0.2, 0) is 6.42 Å². The van der Waals surface area contributed by atoms with Crippen LogP contribution < -0.4 is 5.73 Å². The van der Waals surface area contributed by atoms with Gasteiger partial charge < -0.3 is 10.6 Å². The number of carbonyl (C=O) groups excluding carboxylic acids is 1. The molecule has 0 saturated carbocycles. The molecular formula is C14H22N4O. The summed E-state index contributed by atoms with van der Waals surface area (Å²) in [4.78, 5) is 14.6. The molecule has 2 rings (SSSR count). The molecule has 1 amide bonds. The van der Waals surface area contributed by atoms with Gasteiger partial charge in [0.1, 0.15) is 0 Å². The molecule has 0 radical (unpaired) electrons. The van der Waals surface area contributed by atoms with Crippen LogP contribution in [0.5, 0.6) is 0 Å². The van der Waals surface area contributed by atoms with E-state index in [4.69, 9.17) is 5.73 Å². The summed E-state index contributed by atoms with van der Waals surface area (Å²) in [6, 6.07) is 2.01. The molecule has 0 aromatic carbocycles. The smallest absolute Gasteiger partial charge is 0.256 e. The first-order chi connectivity index (χ1) is 9.17.